The molecule has 56 heavy (non-hydrogen) atoms. The lowest BCUT2D eigenvalue weighted by molar-refractivity contribution is -0.143. The monoisotopic (exact) mass is 763 g/mol. The fraction of sp³-hybridized carbons (Fsp3) is 0.350. The number of aryl methyl sites for hydroxylation is 1. The average molecular weight is 764 g/mol. The van der Waals surface area contributed by atoms with Gasteiger partial charge in [-0.2, -0.15) is 0 Å². The Balaban J connectivity index is 1.37. The number of hydrogen-bond donors (Lipinski definition) is 6. The van der Waals surface area contributed by atoms with Crippen LogP contribution in [0.15, 0.2) is 91.1 Å². The number of carbonyl (C=O) groups excluding carboxylic acids is 5. The molecule has 292 valence electrons. The van der Waals surface area contributed by atoms with Gasteiger partial charge in [-0.05, 0) is 42.8 Å². The highest BCUT2D eigenvalue weighted by Crippen LogP contribution is 2.31. The summed E-state index contributed by atoms with van der Waals surface area (Å²) >= 11 is 0. The molecule has 0 saturated carbocycles. The molecular weight excluding hydrogens is 718 g/mol. The third-order valence-corrected chi connectivity index (χ3v) is 10.1. The predicted octanol–water partition coefficient (Wildman–Crippen LogP) is 1.31. The number of carboxylic acid groups (broad SMARTS) is 1. The highest BCUT2D eigenvalue weighted by molar-refractivity contribution is 5.96. The third kappa shape index (κ3) is 9.62. The Labute approximate surface area is 323 Å². The zero-order chi connectivity index (χ0) is 39.8. The quantitative estimate of drug-likeness (QED) is 0.151. The second-order valence-corrected chi connectivity index (χ2v) is 14.0. The Kier molecular flexibility index (Phi) is 12.5. The topological polar surface area (TPSA) is 217 Å². The number of carboxylic acids is 1. The highest BCUT2D eigenvalue weighted by Gasteiger charge is 2.44. The standard InChI is InChI=1S/C40H45N9O7/c1-24(41-2)36(51)45-35(27-11-7-4-8-12-27)39(54)48-23-30-21-33(48)38(53)43-31(19-25-9-5-3-6-10-25)37(52)44-32(40(55)56)20-26-13-15-28(16-14-26)42-34(50)18-17-29-22-49(30)47-46-29/h3-16,22,24,30-33,35,41H,17-21,23H2,1-2H3,(H,42,50)(H,43,53)(H,44,52)(H,45,51)(H,55,56). The molecule has 0 radical (unpaired) electrons. The molecule has 6 N–H and O–H groups in total. The molecule has 4 heterocycles. The molecule has 1 fully saturated rings. The van der Waals surface area contributed by atoms with Crippen LogP contribution >= 0.6 is 0 Å². The maximum absolute atomic E-state index is 14.7. The molecule has 3 aliphatic heterocycles. The zero-order valence-corrected chi connectivity index (χ0v) is 31.1. The fourth-order valence-corrected chi connectivity index (χ4v) is 6.83. The Hall–Kier alpha value is -6.42. The molecule has 4 aromatic rings. The van der Waals surface area contributed by atoms with Gasteiger partial charge in [0.1, 0.15) is 24.2 Å². The van der Waals surface area contributed by atoms with Crippen molar-refractivity contribution in [2.24, 2.45) is 0 Å². The van der Waals surface area contributed by atoms with Crippen LogP contribution in [0.3, 0.4) is 0 Å². The summed E-state index contributed by atoms with van der Waals surface area (Å²) in [5, 5.41) is 32.7. The smallest absolute Gasteiger partial charge is 0.326 e. The van der Waals surface area contributed by atoms with Gasteiger partial charge in [0, 0.05) is 50.5 Å². The van der Waals surface area contributed by atoms with Crippen LogP contribution in [-0.4, -0.2) is 98.3 Å². The number of carbonyl (C=O) groups is 6. The van der Waals surface area contributed by atoms with Gasteiger partial charge in [0.05, 0.1) is 17.8 Å². The van der Waals surface area contributed by atoms with E-state index in [0.717, 1.165) is 0 Å². The maximum atomic E-state index is 14.7. The molecule has 6 unspecified atom stereocenters. The lowest BCUT2D eigenvalue weighted by Gasteiger charge is -2.30. The minimum atomic E-state index is -1.35. The predicted molar refractivity (Wildman–Crippen MR) is 204 cm³/mol. The molecule has 3 aliphatic rings. The molecule has 1 aromatic heterocycles. The minimum Gasteiger partial charge on any atom is -0.480 e. The number of anilines is 1. The molecule has 6 atom stereocenters. The van der Waals surface area contributed by atoms with Gasteiger partial charge in [-0.25, -0.2) is 9.48 Å². The van der Waals surface area contributed by atoms with Gasteiger partial charge in [-0.3, -0.25) is 24.0 Å². The number of likely N-dealkylation sites (tertiary alicyclic amines) is 1. The van der Waals surface area contributed by atoms with Gasteiger partial charge in [-0.1, -0.05) is 78.0 Å². The molecule has 0 spiro atoms. The van der Waals surface area contributed by atoms with Crippen molar-refractivity contribution in [2.75, 3.05) is 18.9 Å². The van der Waals surface area contributed by atoms with E-state index in [-0.39, 0.29) is 44.6 Å². The van der Waals surface area contributed by atoms with E-state index in [2.05, 4.69) is 36.9 Å². The first-order valence-corrected chi connectivity index (χ1v) is 18.5. The van der Waals surface area contributed by atoms with Crippen LogP contribution in [-0.2, 0) is 48.0 Å². The number of hydrogen-bond acceptors (Lipinski definition) is 9. The van der Waals surface area contributed by atoms with Crippen LogP contribution in [0.1, 0.15) is 54.2 Å². The number of amides is 5. The number of nitrogens with one attached hydrogen (secondary N) is 5. The van der Waals surface area contributed by atoms with Crippen molar-refractivity contribution < 1.29 is 33.9 Å². The highest BCUT2D eigenvalue weighted by atomic mass is 16.4. The summed E-state index contributed by atoms with van der Waals surface area (Å²) in [5.74, 6) is -3.91. The Bertz CT molecular complexity index is 2040. The molecule has 16 nitrogen and oxygen atoms in total. The Morgan fingerprint density at radius 1 is 0.911 bits per heavy atom. The molecular formula is C40H45N9O7. The van der Waals surface area contributed by atoms with Crippen molar-refractivity contribution >= 4 is 41.2 Å². The van der Waals surface area contributed by atoms with E-state index in [1.165, 1.54) is 4.90 Å². The first-order valence-electron chi connectivity index (χ1n) is 18.5. The summed E-state index contributed by atoms with van der Waals surface area (Å²) in [4.78, 5) is 83.0. The van der Waals surface area contributed by atoms with E-state index in [0.29, 0.717) is 28.1 Å². The summed E-state index contributed by atoms with van der Waals surface area (Å²) in [6.07, 6.45) is 2.09. The van der Waals surface area contributed by atoms with E-state index in [4.69, 9.17) is 0 Å². The molecule has 16 heteroatoms. The molecule has 3 aromatic carbocycles. The van der Waals surface area contributed by atoms with Gasteiger partial charge in [0.15, 0.2) is 0 Å². The fourth-order valence-electron chi connectivity index (χ4n) is 6.83. The van der Waals surface area contributed by atoms with Crippen LogP contribution in [0.4, 0.5) is 5.69 Å². The van der Waals surface area contributed by atoms with Crippen LogP contribution in [0, 0.1) is 0 Å². The molecule has 5 amide bonds. The van der Waals surface area contributed by atoms with Gasteiger partial charge in [-0.15, -0.1) is 5.10 Å². The van der Waals surface area contributed by atoms with Crippen molar-refractivity contribution in [3.8, 4) is 0 Å². The van der Waals surface area contributed by atoms with Gasteiger partial charge < -0.3 is 36.6 Å². The second-order valence-electron chi connectivity index (χ2n) is 14.0. The van der Waals surface area contributed by atoms with Crippen molar-refractivity contribution in [2.45, 2.75) is 75.3 Å². The Morgan fingerprint density at radius 2 is 1.61 bits per heavy atom. The summed E-state index contributed by atoms with van der Waals surface area (Å²) < 4.78 is 1.56. The second kappa shape index (κ2) is 17.8. The largest absolute Gasteiger partial charge is 0.480 e. The number of aliphatic carboxylic acids is 1. The molecule has 0 aliphatic carbocycles. The van der Waals surface area contributed by atoms with Gasteiger partial charge >= 0.3 is 5.97 Å². The van der Waals surface area contributed by atoms with Crippen LogP contribution < -0.4 is 26.6 Å². The SMILES string of the molecule is CNC(C)C(=O)NC(C(=O)N1CC2CC1C(=O)NC(Cc1ccccc1)C(=O)NC(C(=O)O)Cc1ccc(cc1)NC(=O)CCc1cn2nn1)c1ccccc1. The van der Waals surface area contributed by atoms with Crippen molar-refractivity contribution in [1.82, 2.24) is 41.2 Å². The Morgan fingerprint density at radius 3 is 2.29 bits per heavy atom. The van der Waals surface area contributed by atoms with E-state index in [1.807, 2.05) is 6.07 Å². The first-order chi connectivity index (χ1) is 27.0. The third-order valence-electron chi connectivity index (χ3n) is 10.1. The van der Waals surface area contributed by atoms with Gasteiger partial charge in [0.25, 0.3) is 5.91 Å². The van der Waals surface area contributed by atoms with Crippen LogP contribution in [0.5, 0.6) is 0 Å². The number of fused-ring (bicyclic) bond motifs is 11. The number of nitrogens with zero attached hydrogens (tertiary/aromatic N) is 4. The van der Waals surface area contributed by atoms with Crippen LogP contribution in [0.2, 0.25) is 0 Å². The number of benzene rings is 3. The normalized spacial score (nSPS) is 21.5. The lowest BCUT2D eigenvalue weighted by atomic mass is 10.0. The minimum absolute atomic E-state index is 0.00717. The van der Waals surface area contributed by atoms with Crippen molar-refractivity contribution in [1.29, 1.82) is 0 Å². The number of aromatic nitrogens is 3. The summed E-state index contributed by atoms with van der Waals surface area (Å²) in [6, 6.07) is 18.3. The van der Waals surface area contributed by atoms with Crippen LogP contribution in [0.25, 0.3) is 0 Å². The van der Waals surface area contributed by atoms with E-state index in [9.17, 15) is 33.9 Å². The van der Waals surface area contributed by atoms with Gasteiger partial charge in [0.2, 0.25) is 23.6 Å². The lowest BCUT2D eigenvalue weighted by Crippen LogP contribution is -2.57. The molecule has 7 rings (SSSR count). The number of rotatable bonds is 8. The van der Waals surface area contributed by atoms with E-state index in [1.54, 1.807) is 104 Å². The first kappa shape index (κ1) is 39.3. The van der Waals surface area contributed by atoms with Crippen molar-refractivity contribution in [3.05, 3.63) is 114 Å². The molecule has 1 saturated heterocycles. The van der Waals surface area contributed by atoms with Crippen molar-refractivity contribution in [3.63, 3.8) is 0 Å². The van der Waals surface area contributed by atoms with E-state index < -0.39 is 65.8 Å². The molecule has 6 bridgehead atoms. The summed E-state index contributed by atoms with van der Waals surface area (Å²) in [7, 11) is 1.62. The number of likely N-dealkylation sites (N-methyl/N-ethyl adjacent to an activating group) is 1. The zero-order valence-electron chi connectivity index (χ0n) is 31.1. The van der Waals surface area contributed by atoms with E-state index >= 15 is 0 Å². The average Bonchev–Trinajstić information content (AvgIpc) is 3.87. The summed E-state index contributed by atoms with van der Waals surface area (Å²) in [6.45, 7) is 1.66. The maximum Gasteiger partial charge on any atom is 0.326 e. The summed E-state index contributed by atoms with van der Waals surface area (Å²) in [5.41, 5.74) is 2.85.